The molecule has 182 valence electrons. The summed E-state index contributed by atoms with van der Waals surface area (Å²) >= 11 is 0. The van der Waals surface area contributed by atoms with Crippen LogP contribution in [0.4, 0.5) is 11.4 Å². The van der Waals surface area contributed by atoms with Crippen molar-refractivity contribution in [3.8, 4) is 5.75 Å². The number of anilines is 1. The van der Waals surface area contributed by atoms with E-state index in [0.717, 1.165) is 9.87 Å². The molecule has 0 saturated heterocycles. The van der Waals surface area contributed by atoms with Gasteiger partial charge in [-0.15, -0.1) is 0 Å². The van der Waals surface area contributed by atoms with Crippen molar-refractivity contribution >= 4 is 33.5 Å². The van der Waals surface area contributed by atoms with Crippen LogP contribution in [0.5, 0.6) is 5.75 Å². The molecule has 11 heteroatoms. The highest BCUT2D eigenvalue weighted by Gasteiger charge is 2.27. The van der Waals surface area contributed by atoms with Gasteiger partial charge in [-0.3, -0.25) is 19.2 Å². The SMILES string of the molecule is CCOc1ccc(S(=O)(=O)N(CC(=O)N/N=C\c2cccc([N+](=O)[O-])c2)c2ccc(C)cc2)cc1. The Morgan fingerprint density at radius 2 is 1.80 bits per heavy atom. The maximum absolute atomic E-state index is 13.4. The molecule has 0 aromatic heterocycles. The standard InChI is InChI=1S/C24H24N4O6S/c1-3-34-22-11-13-23(14-12-22)35(32,33)27(20-9-7-18(2)8-10-20)17-24(29)26-25-16-19-5-4-6-21(15-19)28(30)31/h4-16H,3,17H2,1-2H3,(H,26,29)/b25-16-. The van der Waals surface area contributed by atoms with Gasteiger partial charge in [0, 0.05) is 17.7 Å². The lowest BCUT2D eigenvalue weighted by Gasteiger charge is -2.24. The van der Waals surface area contributed by atoms with Gasteiger partial charge < -0.3 is 4.74 Å². The fourth-order valence-electron chi connectivity index (χ4n) is 3.09. The summed E-state index contributed by atoms with van der Waals surface area (Å²) < 4.78 is 33.2. The van der Waals surface area contributed by atoms with Gasteiger partial charge in [0.25, 0.3) is 21.6 Å². The Hall–Kier alpha value is -4.25. The number of hydrogen-bond acceptors (Lipinski definition) is 7. The minimum Gasteiger partial charge on any atom is -0.494 e. The van der Waals surface area contributed by atoms with E-state index < -0.39 is 27.4 Å². The first kappa shape index (κ1) is 25.4. The average Bonchev–Trinajstić information content (AvgIpc) is 2.84. The number of carbonyl (C=O) groups excluding carboxylic acids is 1. The number of amides is 1. The van der Waals surface area contributed by atoms with Gasteiger partial charge in [-0.25, -0.2) is 13.8 Å². The van der Waals surface area contributed by atoms with E-state index in [-0.39, 0.29) is 10.6 Å². The van der Waals surface area contributed by atoms with E-state index in [1.807, 2.05) is 13.8 Å². The van der Waals surface area contributed by atoms with Gasteiger partial charge in [-0.1, -0.05) is 29.8 Å². The summed E-state index contributed by atoms with van der Waals surface area (Å²) in [7, 11) is -4.10. The van der Waals surface area contributed by atoms with Gasteiger partial charge in [0.15, 0.2) is 0 Å². The van der Waals surface area contributed by atoms with Crippen molar-refractivity contribution < 1.29 is 22.9 Å². The number of sulfonamides is 1. The normalized spacial score (nSPS) is 11.3. The summed E-state index contributed by atoms with van der Waals surface area (Å²) in [5.74, 6) is -0.164. The number of rotatable bonds is 10. The Morgan fingerprint density at radius 1 is 1.11 bits per heavy atom. The molecule has 3 aromatic rings. The highest BCUT2D eigenvalue weighted by Crippen LogP contribution is 2.25. The number of nitrogens with one attached hydrogen (secondary N) is 1. The molecule has 0 saturated carbocycles. The van der Waals surface area contributed by atoms with Crippen LogP contribution in [0.15, 0.2) is 82.8 Å². The monoisotopic (exact) mass is 496 g/mol. The Kier molecular flexibility index (Phi) is 8.16. The van der Waals surface area contributed by atoms with Crippen molar-refractivity contribution in [2.45, 2.75) is 18.7 Å². The molecule has 10 nitrogen and oxygen atoms in total. The first-order valence-corrected chi connectivity index (χ1v) is 12.0. The van der Waals surface area contributed by atoms with E-state index in [4.69, 9.17) is 4.74 Å². The van der Waals surface area contributed by atoms with Crippen molar-refractivity contribution in [1.82, 2.24) is 5.43 Å². The Bertz CT molecular complexity index is 1320. The van der Waals surface area contributed by atoms with Crippen LogP contribution in [-0.4, -0.2) is 38.6 Å². The van der Waals surface area contributed by atoms with Gasteiger partial charge in [-0.2, -0.15) is 5.10 Å². The molecule has 0 atom stereocenters. The maximum atomic E-state index is 13.4. The van der Waals surface area contributed by atoms with Crippen LogP contribution in [-0.2, 0) is 14.8 Å². The fourth-order valence-corrected chi connectivity index (χ4v) is 4.51. The average molecular weight is 497 g/mol. The zero-order valence-electron chi connectivity index (χ0n) is 19.1. The molecule has 0 aliphatic heterocycles. The highest BCUT2D eigenvalue weighted by atomic mass is 32.2. The number of nitro groups is 1. The third kappa shape index (κ3) is 6.64. The highest BCUT2D eigenvalue weighted by molar-refractivity contribution is 7.92. The molecule has 0 aliphatic carbocycles. The summed E-state index contributed by atoms with van der Waals surface area (Å²) in [6.07, 6.45) is 1.24. The summed E-state index contributed by atoms with van der Waals surface area (Å²) in [6, 6.07) is 18.3. The van der Waals surface area contributed by atoms with E-state index in [2.05, 4.69) is 10.5 Å². The minimum atomic E-state index is -4.10. The van der Waals surface area contributed by atoms with Crippen molar-refractivity contribution in [2.24, 2.45) is 5.10 Å². The molecule has 0 heterocycles. The second-order valence-corrected chi connectivity index (χ2v) is 9.26. The molecule has 0 spiro atoms. The van der Waals surface area contributed by atoms with Crippen molar-refractivity contribution in [2.75, 3.05) is 17.5 Å². The fraction of sp³-hybridized carbons (Fsp3) is 0.167. The second-order valence-electron chi connectivity index (χ2n) is 7.40. The number of nitrogens with zero attached hydrogens (tertiary/aromatic N) is 3. The molecular weight excluding hydrogens is 472 g/mol. The van der Waals surface area contributed by atoms with Gasteiger partial charge in [0.1, 0.15) is 12.3 Å². The molecule has 0 aliphatic rings. The van der Waals surface area contributed by atoms with Crippen LogP contribution in [0.1, 0.15) is 18.1 Å². The molecule has 0 bridgehead atoms. The molecule has 1 N–H and O–H groups in total. The molecular formula is C24H24N4O6S. The van der Waals surface area contributed by atoms with Crippen molar-refractivity contribution in [1.29, 1.82) is 0 Å². The number of hydrazone groups is 1. The summed E-state index contributed by atoms with van der Waals surface area (Å²) in [5.41, 5.74) is 3.79. The first-order valence-electron chi connectivity index (χ1n) is 10.6. The first-order chi connectivity index (χ1) is 16.7. The largest absolute Gasteiger partial charge is 0.494 e. The van der Waals surface area contributed by atoms with Gasteiger partial charge >= 0.3 is 0 Å². The number of ether oxygens (including phenoxy) is 1. The van der Waals surface area contributed by atoms with E-state index in [0.29, 0.717) is 23.6 Å². The zero-order valence-corrected chi connectivity index (χ0v) is 19.9. The lowest BCUT2D eigenvalue weighted by molar-refractivity contribution is -0.384. The molecule has 0 radical (unpaired) electrons. The van der Waals surface area contributed by atoms with E-state index in [1.165, 1.54) is 36.5 Å². The van der Waals surface area contributed by atoms with E-state index in [1.54, 1.807) is 42.5 Å². The summed E-state index contributed by atoms with van der Waals surface area (Å²) in [4.78, 5) is 23.0. The molecule has 3 rings (SSSR count). The van der Waals surface area contributed by atoms with Gasteiger partial charge in [0.2, 0.25) is 0 Å². The number of nitro benzene ring substituents is 1. The third-order valence-electron chi connectivity index (χ3n) is 4.82. The van der Waals surface area contributed by atoms with Crippen LogP contribution < -0.4 is 14.5 Å². The molecule has 35 heavy (non-hydrogen) atoms. The van der Waals surface area contributed by atoms with Crippen molar-refractivity contribution in [3.63, 3.8) is 0 Å². The number of aryl methyl sites for hydroxylation is 1. The van der Waals surface area contributed by atoms with Crippen LogP contribution >= 0.6 is 0 Å². The molecule has 3 aromatic carbocycles. The minimum absolute atomic E-state index is 0.00516. The quantitative estimate of drug-likeness (QED) is 0.259. The number of hydrogen-bond donors (Lipinski definition) is 1. The van der Waals surface area contributed by atoms with Crippen LogP contribution in [0.25, 0.3) is 0 Å². The third-order valence-corrected chi connectivity index (χ3v) is 6.60. The van der Waals surface area contributed by atoms with Crippen LogP contribution in [0, 0.1) is 17.0 Å². The predicted molar refractivity (Wildman–Crippen MR) is 132 cm³/mol. The van der Waals surface area contributed by atoms with Gasteiger partial charge in [-0.05, 0) is 50.2 Å². The van der Waals surface area contributed by atoms with E-state index >= 15 is 0 Å². The number of carbonyl (C=O) groups is 1. The topological polar surface area (TPSA) is 131 Å². The lowest BCUT2D eigenvalue weighted by atomic mass is 10.2. The van der Waals surface area contributed by atoms with Crippen molar-refractivity contribution in [3.05, 3.63) is 94.0 Å². The Labute approximate surface area is 203 Å². The number of benzene rings is 3. The molecule has 0 fully saturated rings. The van der Waals surface area contributed by atoms with Crippen LogP contribution in [0.3, 0.4) is 0 Å². The predicted octanol–water partition coefficient (Wildman–Crippen LogP) is 3.65. The summed E-state index contributed by atoms with van der Waals surface area (Å²) in [6.45, 7) is 3.60. The second kappa shape index (κ2) is 11.3. The zero-order chi connectivity index (χ0) is 25.4. The maximum Gasteiger partial charge on any atom is 0.270 e. The van der Waals surface area contributed by atoms with Crippen LogP contribution in [0.2, 0.25) is 0 Å². The van der Waals surface area contributed by atoms with E-state index in [9.17, 15) is 23.3 Å². The molecule has 0 unspecified atom stereocenters. The smallest absolute Gasteiger partial charge is 0.270 e. The van der Waals surface area contributed by atoms with Gasteiger partial charge in [0.05, 0.1) is 28.3 Å². The molecule has 1 amide bonds. The summed E-state index contributed by atoms with van der Waals surface area (Å²) in [5, 5.41) is 14.7. The number of non-ortho nitro benzene ring substituents is 1. The Balaban J connectivity index is 1.82. The lowest BCUT2D eigenvalue weighted by Crippen LogP contribution is -2.39. The Morgan fingerprint density at radius 3 is 2.43 bits per heavy atom.